The molecule has 2 aromatic rings. The van der Waals surface area contributed by atoms with Gasteiger partial charge in [0.25, 0.3) is 0 Å². The molecule has 0 aliphatic rings. The van der Waals surface area contributed by atoms with Gasteiger partial charge < -0.3 is 0 Å². The van der Waals surface area contributed by atoms with Gasteiger partial charge in [-0.15, -0.1) is 0 Å². The van der Waals surface area contributed by atoms with E-state index in [1.54, 1.807) is 12.3 Å². The van der Waals surface area contributed by atoms with Crippen LogP contribution < -0.4 is 0 Å². The average Bonchev–Trinajstić information content (AvgIpc) is 2.33. The number of carbonyl (C=O) groups is 1. The van der Waals surface area contributed by atoms with Gasteiger partial charge in [-0.2, -0.15) is 0 Å². The Morgan fingerprint density at radius 2 is 1.94 bits per heavy atom. The zero-order chi connectivity index (χ0) is 11.5. The molecule has 0 saturated heterocycles. The third kappa shape index (κ3) is 1.87. The molecule has 0 atom stereocenters. The van der Waals surface area contributed by atoms with Gasteiger partial charge in [0.15, 0.2) is 6.29 Å². The topological polar surface area (TPSA) is 30.0 Å². The molecule has 80 valence electrons. The molecule has 0 unspecified atom stereocenters. The first-order valence-electron chi connectivity index (χ1n) is 5.20. The van der Waals surface area contributed by atoms with Crippen molar-refractivity contribution in [1.82, 2.24) is 4.98 Å². The van der Waals surface area contributed by atoms with Gasteiger partial charge in [-0.25, -0.2) is 0 Å². The van der Waals surface area contributed by atoms with Crippen LogP contribution in [0.15, 0.2) is 36.5 Å². The molecule has 0 aliphatic heterocycles. The summed E-state index contributed by atoms with van der Waals surface area (Å²) in [6.07, 6.45) is 2.41. The van der Waals surface area contributed by atoms with E-state index < -0.39 is 0 Å². The second kappa shape index (κ2) is 4.27. The first-order chi connectivity index (χ1) is 7.72. The molecule has 0 N–H and O–H groups in total. The maximum absolute atomic E-state index is 10.5. The van der Waals surface area contributed by atoms with Crippen molar-refractivity contribution in [3.63, 3.8) is 0 Å². The van der Waals surface area contributed by atoms with Gasteiger partial charge in [0.05, 0.1) is 5.69 Å². The van der Waals surface area contributed by atoms with Crippen LogP contribution in [-0.2, 0) is 0 Å². The Balaban J connectivity index is 2.50. The molecule has 16 heavy (non-hydrogen) atoms. The number of hydrogen-bond acceptors (Lipinski definition) is 2. The number of aldehydes is 1. The van der Waals surface area contributed by atoms with E-state index in [0.29, 0.717) is 5.56 Å². The molecule has 0 fully saturated rings. The minimum atomic E-state index is 0.606. The van der Waals surface area contributed by atoms with Crippen LogP contribution in [-0.4, -0.2) is 11.3 Å². The number of aryl methyl sites for hydroxylation is 1. The smallest absolute Gasteiger partial charge is 0.151 e. The van der Waals surface area contributed by atoms with E-state index in [9.17, 15) is 4.79 Å². The zero-order valence-electron chi connectivity index (χ0n) is 9.40. The number of pyridine rings is 1. The number of aromatic nitrogens is 1. The van der Waals surface area contributed by atoms with Gasteiger partial charge in [-0.1, -0.05) is 18.2 Å². The van der Waals surface area contributed by atoms with Crippen LogP contribution in [0.3, 0.4) is 0 Å². The predicted molar refractivity (Wildman–Crippen MR) is 64.5 cm³/mol. The molecule has 0 spiro atoms. The number of nitrogens with zero attached hydrogens (tertiary/aromatic N) is 1. The summed E-state index contributed by atoms with van der Waals surface area (Å²) in [4.78, 5) is 14.8. The highest BCUT2D eigenvalue weighted by molar-refractivity contribution is 5.75. The minimum absolute atomic E-state index is 0.606. The summed E-state index contributed by atoms with van der Waals surface area (Å²) in [5.41, 5.74) is 5.12. The fraction of sp³-hybridized carbons (Fsp3) is 0.143. The van der Waals surface area contributed by atoms with Crippen molar-refractivity contribution < 1.29 is 4.79 Å². The Kier molecular flexibility index (Phi) is 2.82. The molecule has 1 heterocycles. The molecule has 0 radical (unpaired) electrons. The molecule has 0 bridgehead atoms. The van der Waals surface area contributed by atoms with Crippen LogP contribution in [0.1, 0.15) is 21.5 Å². The Morgan fingerprint density at radius 3 is 2.56 bits per heavy atom. The van der Waals surface area contributed by atoms with Gasteiger partial charge in [0, 0.05) is 17.3 Å². The molecular weight excluding hydrogens is 198 g/mol. The number of carbonyl (C=O) groups excluding carboxylic acids is 1. The fourth-order valence-electron chi connectivity index (χ4n) is 1.66. The van der Waals surface area contributed by atoms with E-state index in [2.05, 4.69) is 24.9 Å². The van der Waals surface area contributed by atoms with E-state index in [1.807, 2.05) is 18.2 Å². The number of rotatable bonds is 2. The minimum Gasteiger partial charge on any atom is -0.298 e. The first kappa shape index (κ1) is 10.6. The summed E-state index contributed by atoms with van der Waals surface area (Å²) in [7, 11) is 0. The molecular formula is C14H13NO. The molecule has 1 aromatic carbocycles. The largest absolute Gasteiger partial charge is 0.298 e. The van der Waals surface area contributed by atoms with Gasteiger partial charge in [-0.05, 0) is 37.1 Å². The van der Waals surface area contributed by atoms with E-state index in [4.69, 9.17) is 0 Å². The monoisotopic (exact) mass is 211 g/mol. The maximum atomic E-state index is 10.5. The number of benzene rings is 1. The average molecular weight is 211 g/mol. The van der Waals surface area contributed by atoms with Crippen LogP contribution in [0, 0.1) is 13.8 Å². The van der Waals surface area contributed by atoms with Crippen LogP contribution in [0.5, 0.6) is 0 Å². The third-order valence-corrected chi connectivity index (χ3v) is 2.80. The van der Waals surface area contributed by atoms with E-state index >= 15 is 0 Å². The summed E-state index contributed by atoms with van der Waals surface area (Å²) in [5.74, 6) is 0. The van der Waals surface area contributed by atoms with E-state index in [-0.39, 0.29) is 0 Å². The molecule has 2 heteroatoms. The first-order valence-corrected chi connectivity index (χ1v) is 5.20. The summed E-state index contributed by atoms with van der Waals surface area (Å²) < 4.78 is 0. The maximum Gasteiger partial charge on any atom is 0.151 e. The lowest BCUT2D eigenvalue weighted by Crippen LogP contribution is -1.90. The predicted octanol–water partition coefficient (Wildman–Crippen LogP) is 3.18. The Hall–Kier alpha value is -1.96. The lowest BCUT2D eigenvalue weighted by Gasteiger charge is -2.07. The summed E-state index contributed by atoms with van der Waals surface area (Å²) >= 11 is 0. The molecule has 0 saturated carbocycles. The van der Waals surface area contributed by atoms with Crippen LogP contribution in [0.25, 0.3) is 11.3 Å². The third-order valence-electron chi connectivity index (χ3n) is 2.80. The lowest BCUT2D eigenvalue weighted by atomic mass is 10.0. The molecule has 2 rings (SSSR count). The molecule has 2 nitrogen and oxygen atoms in total. The Bertz CT molecular complexity index is 515. The van der Waals surface area contributed by atoms with Gasteiger partial charge >= 0.3 is 0 Å². The van der Waals surface area contributed by atoms with Gasteiger partial charge in [-0.3, -0.25) is 9.78 Å². The standard InChI is InChI=1S/C14H13NO/c1-10-4-3-5-13(11(10)2)14-7-6-12(9-16)8-15-14/h3-9H,1-2H3. The van der Waals surface area contributed by atoms with Crippen molar-refractivity contribution in [2.24, 2.45) is 0 Å². The van der Waals surface area contributed by atoms with E-state index in [1.165, 1.54) is 11.1 Å². The van der Waals surface area contributed by atoms with Crippen molar-refractivity contribution in [2.75, 3.05) is 0 Å². The quantitative estimate of drug-likeness (QED) is 0.714. The van der Waals surface area contributed by atoms with Crippen LogP contribution >= 0.6 is 0 Å². The van der Waals surface area contributed by atoms with Crippen molar-refractivity contribution in [3.05, 3.63) is 53.2 Å². The van der Waals surface area contributed by atoms with Crippen molar-refractivity contribution in [1.29, 1.82) is 0 Å². The summed E-state index contributed by atoms with van der Waals surface area (Å²) in [5, 5.41) is 0. The van der Waals surface area contributed by atoms with Crippen molar-refractivity contribution in [3.8, 4) is 11.3 Å². The van der Waals surface area contributed by atoms with Crippen molar-refractivity contribution in [2.45, 2.75) is 13.8 Å². The highest BCUT2D eigenvalue weighted by Gasteiger charge is 2.04. The second-order valence-corrected chi connectivity index (χ2v) is 3.84. The summed E-state index contributed by atoms with van der Waals surface area (Å²) in [6, 6.07) is 9.82. The fourth-order valence-corrected chi connectivity index (χ4v) is 1.66. The number of hydrogen-bond donors (Lipinski definition) is 0. The van der Waals surface area contributed by atoms with Crippen LogP contribution in [0.2, 0.25) is 0 Å². The molecule has 1 aromatic heterocycles. The van der Waals surface area contributed by atoms with Gasteiger partial charge in [0.1, 0.15) is 0 Å². The molecule has 0 aliphatic carbocycles. The SMILES string of the molecule is Cc1cccc(-c2ccc(C=O)cn2)c1C. The van der Waals surface area contributed by atoms with Crippen LogP contribution in [0.4, 0.5) is 0 Å². The highest BCUT2D eigenvalue weighted by atomic mass is 16.1. The summed E-state index contributed by atoms with van der Waals surface area (Å²) in [6.45, 7) is 4.17. The Morgan fingerprint density at radius 1 is 1.12 bits per heavy atom. The Labute approximate surface area is 95.0 Å². The second-order valence-electron chi connectivity index (χ2n) is 3.84. The lowest BCUT2D eigenvalue weighted by molar-refractivity contribution is 0.112. The van der Waals surface area contributed by atoms with Gasteiger partial charge in [0.2, 0.25) is 0 Å². The van der Waals surface area contributed by atoms with Crippen molar-refractivity contribution >= 4 is 6.29 Å². The zero-order valence-corrected chi connectivity index (χ0v) is 9.40. The molecule has 0 amide bonds. The normalized spacial score (nSPS) is 10.1. The highest BCUT2D eigenvalue weighted by Crippen LogP contribution is 2.23. The van der Waals surface area contributed by atoms with E-state index in [0.717, 1.165) is 17.5 Å².